The number of aromatic nitrogens is 1. The van der Waals surface area contributed by atoms with Crippen LogP contribution in [0.2, 0.25) is 5.02 Å². The summed E-state index contributed by atoms with van der Waals surface area (Å²) in [5.41, 5.74) is 4.39. The second-order valence-electron chi connectivity index (χ2n) is 7.00. The van der Waals surface area contributed by atoms with E-state index in [2.05, 4.69) is 21.7 Å². The fourth-order valence-electron chi connectivity index (χ4n) is 3.29. The van der Waals surface area contributed by atoms with E-state index in [4.69, 9.17) is 16.3 Å². The number of carbonyl (C=O) groups excluding carboxylic acids is 1. The van der Waals surface area contributed by atoms with Crippen LogP contribution in [0, 0.1) is 6.92 Å². The van der Waals surface area contributed by atoms with Gasteiger partial charge in [0.15, 0.2) is 0 Å². The molecular formula is C22H26ClN3O2. The molecule has 1 heterocycles. The number of rotatable bonds is 7. The number of amides is 1. The topological polar surface area (TPSA) is 63.2 Å². The van der Waals surface area contributed by atoms with Gasteiger partial charge in [-0.2, -0.15) is 0 Å². The van der Waals surface area contributed by atoms with Crippen LogP contribution in [0.5, 0.6) is 5.75 Å². The minimum absolute atomic E-state index is 0.119. The normalized spacial score (nSPS) is 13.6. The molecule has 2 aromatic rings. The molecule has 0 fully saturated rings. The quantitative estimate of drug-likeness (QED) is 0.610. The van der Waals surface area contributed by atoms with Gasteiger partial charge in [0, 0.05) is 23.8 Å². The van der Waals surface area contributed by atoms with Gasteiger partial charge < -0.3 is 15.4 Å². The van der Waals surface area contributed by atoms with Gasteiger partial charge in [-0.3, -0.25) is 9.78 Å². The maximum Gasteiger partial charge on any atom is 0.252 e. The summed E-state index contributed by atoms with van der Waals surface area (Å²) in [5, 5.41) is 6.89. The summed E-state index contributed by atoms with van der Waals surface area (Å²) < 4.78 is 5.39. The number of nitrogens with one attached hydrogen (secondary N) is 2. The summed E-state index contributed by atoms with van der Waals surface area (Å²) in [7, 11) is 1.59. The summed E-state index contributed by atoms with van der Waals surface area (Å²) in [6.07, 6.45) is 11.3. The first-order valence-electron chi connectivity index (χ1n) is 9.59. The molecule has 3 rings (SSSR count). The van der Waals surface area contributed by atoms with Crippen LogP contribution in [0.15, 0.2) is 42.2 Å². The van der Waals surface area contributed by atoms with Gasteiger partial charge in [-0.25, -0.2) is 0 Å². The fraction of sp³-hybridized carbons (Fsp3) is 0.364. The number of hydrogen-bond acceptors (Lipinski definition) is 4. The predicted molar refractivity (Wildman–Crippen MR) is 114 cm³/mol. The summed E-state index contributed by atoms with van der Waals surface area (Å²) in [5.74, 6) is 0.512. The molecule has 1 aliphatic rings. The van der Waals surface area contributed by atoms with Crippen molar-refractivity contribution in [3.63, 3.8) is 0 Å². The van der Waals surface area contributed by atoms with Crippen molar-refractivity contribution < 1.29 is 9.53 Å². The molecule has 5 nitrogen and oxygen atoms in total. The molecule has 28 heavy (non-hydrogen) atoms. The maximum absolute atomic E-state index is 12.5. The van der Waals surface area contributed by atoms with Gasteiger partial charge in [0.05, 0.1) is 30.2 Å². The smallest absolute Gasteiger partial charge is 0.252 e. The van der Waals surface area contributed by atoms with Crippen molar-refractivity contribution >= 4 is 28.9 Å². The monoisotopic (exact) mass is 399 g/mol. The van der Waals surface area contributed by atoms with E-state index in [0.717, 1.165) is 30.5 Å². The van der Waals surface area contributed by atoms with Crippen molar-refractivity contribution in [3.8, 4) is 5.75 Å². The van der Waals surface area contributed by atoms with Gasteiger partial charge in [-0.15, -0.1) is 0 Å². The molecule has 1 amide bonds. The first-order valence-corrected chi connectivity index (χ1v) is 9.97. The van der Waals surface area contributed by atoms with E-state index in [1.807, 2.05) is 13.0 Å². The molecule has 1 aromatic heterocycles. The van der Waals surface area contributed by atoms with Crippen molar-refractivity contribution in [2.45, 2.75) is 39.0 Å². The Kier molecular flexibility index (Phi) is 6.93. The van der Waals surface area contributed by atoms with E-state index in [1.54, 1.807) is 31.6 Å². The van der Waals surface area contributed by atoms with Crippen LogP contribution in [0.3, 0.4) is 0 Å². The highest BCUT2D eigenvalue weighted by atomic mass is 35.5. The molecule has 0 bridgehead atoms. The van der Waals surface area contributed by atoms with E-state index in [-0.39, 0.29) is 5.91 Å². The van der Waals surface area contributed by atoms with Crippen LogP contribution < -0.4 is 15.4 Å². The Morgan fingerprint density at radius 3 is 2.86 bits per heavy atom. The molecule has 148 valence electrons. The first-order chi connectivity index (χ1) is 13.6. The molecule has 0 spiro atoms. The highest BCUT2D eigenvalue weighted by Crippen LogP contribution is 2.33. The van der Waals surface area contributed by atoms with Crippen LogP contribution in [0.1, 0.15) is 48.0 Å². The minimum Gasteiger partial charge on any atom is -0.495 e. The number of pyridine rings is 1. The van der Waals surface area contributed by atoms with E-state index in [0.29, 0.717) is 28.6 Å². The van der Waals surface area contributed by atoms with E-state index < -0.39 is 0 Å². The number of methoxy groups -OCH3 is 1. The van der Waals surface area contributed by atoms with Crippen molar-refractivity contribution in [2.24, 2.45) is 0 Å². The number of hydrogen-bond donors (Lipinski definition) is 2. The number of allylic oxidation sites excluding steroid dienone is 1. The van der Waals surface area contributed by atoms with Gasteiger partial charge in [-0.1, -0.05) is 23.3 Å². The lowest BCUT2D eigenvalue weighted by atomic mass is 9.97. The number of ether oxygens (including phenoxy) is 1. The average molecular weight is 400 g/mol. The highest BCUT2D eigenvalue weighted by molar-refractivity contribution is 6.31. The third kappa shape index (κ3) is 5.26. The Bertz CT molecular complexity index is 880. The van der Waals surface area contributed by atoms with E-state index >= 15 is 0 Å². The van der Waals surface area contributed by atoms with Crippen molar-refractivity contribution in [1.82, 2.24) is 10.3 Å². The molecule has 1 aliphatic carbocycles. The van der Waals surface area contributed by atoms with Crippen molar-refractivity contribution in [1.29, 1.82) is 0 Å². The number of benzene rings is 1. The highest BCUT2D eigenvalue weighted by Gasteiger charge is 2.11. The second kappa shape index (κ2) is 9.60. The summed E-state index contributed by atoms with van der Waals surface area (Å²) in [6, 6.07) is 5.46. The number of halogens is 1. The predicted octanol–water partition coefficient (Wildman–Crippen LogP) is 5.42. The number of nitrogens with zero attached hydrogens (tertiary/aromatic N) is 1. The third-order valence-electron chi connectivity index (χ3n) is 4.88. The summed E-state index contributed by atoms with van der Waals surface area (Å²) in [4.78, 5) is 16.7. The standard InChI is InChI=1S/C22H26ClN3O2/c1-15-10-20(21(28-2)12-19(15)23)26-18-11-17(13-24-14-18)22(27)25-9-8-16-6-4-3-5-7-16/h6,10-14,26H,3-5,7-9H2,1-2H3,(H,25,27). The fourth-order valence-corrected chi connectivity index (χ4v) is 3.44. The second-order valence-corrected chi connectivity index (χ2v) is 7.41. The molecule has 0 saturated carbocycles. The minimum atomic E-state index is -0.119. The average Bonchev–Trinajstić information content (AvgIpc) is 2.71. The molecule has 1 aromatic carbocycles. The van der Waals surface area contributed by atoms with Crippen molar-refractivity contribution in [2.75, 3.05) is 19.0 Å². The maximum atomic E-state index is 12.5. The molecule has 0 saturated heterocycles. The molecule has 6 heteroatoms. The zero-order chi connectivity index (χ0) is 19.9. The SMILES string of the molecule is COc1cc(Cl)c(C)cc1Nc1cncc(C(=O)NCCC2=CCCCC2)c1. The van der Waals surface area contributed by atoms with Crippen molar-refractivity contribution in [3.05, 3.63) is 58.4 Å². The lowest BCUT2D eigenvalue weighted by molar-refractivity contribution is 0.0953. The van der Waals surface area contributed by atoms with Gasteiger partial charge in [0.2, 0.25) is 0 Å². The molecule has 0 aliphatic heterocycles. The van der Waals surface area contributed by atoms with Crippen LogP contribution in [-0.4, -0.2) is 24.5 Å². The number of carbonyl (C=O) groups is 1. The molecule has 0 unspecified atom stereocenters. The largest absolute Gasteiger partial charge is 0.495 e. The van der Waals surface area contributed by atoms with Gasteiger partial charge >= 0.3 is 0 Å². The van der Waals surface area contributed by atoms with Crippen LogP contribution in [0.25, 0.3) is 0 Å². The summed E-state index contributed by atoms with van der Waals surface area (Å²) >= 11 is 6.16. The summed E-state index contributed by atoms with van der Waals surface area (Å²) in [6.45, 7) is 2.57. The Morgan fingerprint density at radius 1 is 1.25 bits per heavy atom. The lowest BCUT2D eigenvalue weighted by Gasteiger charge is -2.14. The Hall–Kier alpha value is -2.53. The molecular weight excluding hydrogens is 374 g/mol. The number of anilines is 2. The van der Waals surface area contributed by atoms with E-state index in [1.165, 1.54) is 18.4 Å². The number of aryl methyl sites for hydroxylation is 1. The third-order valence-corrected chi connectivity index (χ3v) is 5.28. The lowest BCUT2D eigenvalue weighted by Crippen LogP contribution is -2.25. The first kappa shape index (κ1) is 20.2. The Balaban J connectivity index is 1.64. The van der Waals surface area contributed by atoms with Gasteiger partial charge in [0.25, 0.3) is 5.91 Å². The molecule has 2 N–H and O–H groups in total. The Morgan fingerprint density at radius 2 is 2.11 bits per heavy atom. The molecule has 0 atom stereocenters. The van der Waals surface area contributed by atoms with Gasteiger partial charge in [0.1, 0.15) is 5.75 Å². The van der Waals surface area contributed by atoms with Crippen LogP contribution in [-0.2, 0) is 0 Å². The zero-order valence-corrected chi connectivity index (χ0v) is 17.1. The molecule has 0 radical (unpaired) electrons. The van der Waals surface area contributed by atoms with Gasteiger partial charge in [-0.05, 0) is 56.7 Å². The van der Waals surface area contributed by atoms with E-state index in [9.17, 15) is 4.79 Å². The van der Waals surface area contributed by atoms with Crippen LogP contribution >= 0.6 is 11.6 Å². The van der Waals surface area contributed by atoms with Crippen LogP contribution in [0.4, 0.5) is 11.4 Å². The zero-order valence-electron chi connectivity index (χ0n) is 16.3. The Labute approximate surface area is 171 Å².